The van der Waals surface area contributed by atoms with E-state index in [9.17, 15) is 9.59 Å². The van der Waals surface area contributed by atoms with Crippen LogP contribution < -0.4 is 0 Å². The lowest BCUT2D eigenvalue weighted by Gasteiger charge is -2.37. The van der Waals surface area contributed by atoms with E-state index >= 15 is 0 Å². The largest absolute Gasteiger partial charge is 0.480 e. The monoisotopic (exact) mass is 270 g/mol. The fraction of sp³-hybridized carbons (Fsp3) is 0.857. The first-order valence-electron chi connectivity index (χ1n) is 7.10. The fourth-order valence-electron chi connectivity index (χ4n) is 2.56. The predicted octanol–water partition coefficient (Wildman–Crippen LogP) is 2.27. The van der Waals surface area contributed by atoms with Crippen molar-refractivity contribution in [2.75, 3.05) is 19.6 Å². The van der Waals surface area contributed by atoms with E-state index in [1.54, 1.807) is 4.90 Å². The summed E-state index contributed by atoms with van der Waals surface area (Å²) in [7, 11) is 0. The van der Waals surface area contributed by atoms with Crippen LogP contribution in [0.3, 0.4) is 0 Å². The number of urea groups is 1. The molecule has 19 heavy (non-hydrogen) atoms. The Hall–Kier alpha value is -1.26. The zero-order valence-electron chi connectivity index (χ0n) is 12.4. The van der Waals surface area contributed by atoms with Crippen molar-refractivity contribution in [2.45, 2.75) is 46.6 Å². The SMILES string of the molecule is CC(C)C1CCN(C(=O)N(CC(=O)O)C(C)C)CC1. The second-order valence-corrected chi connectivity index (χ2v) is 5.97. The summed E-state index contributed by atoms with van der Waals surface area (Å²) in [6.45, 7) is 9.39. The van der Waals surface area contributed by atoms with Crippen molar-refractivity contribution in [3.8, 4) is 0 Å². The molecule has 1 saturated heterocycles. The van der Waals surface area contributed by atoms with Gasteiger partial charge in [-0.3, -0.25) is 4.79 Å². The Balaban J connectivity index is 2.59. The summed E-state index contributed by atoms with van der Waals surface area (Å²) in [6.07, 6.45) is 2.03. The van der Waals surface area contributed by atoms with Gasteiger partial charge in [0.2, 0.25) is 0 Å². The number of carboxylic acids is 1. The van der Waals surface area contributed by atoms with Gasteiger partial charge in [0.25, 0.3) is 0 Å². The number of amides is 2. The minimum absolute atomic E-state index is 0.0913. The molecule has 0 aromatic carbocycles. The molecule has 1 rings (SSSR count). The predicted molar refractivity (Wildman–Crippen MR) is 74.0 cm³/mol. The van der Waals surface area contributed by atoms with Crippen molar-refractivity contribution >= 4 is 12.0 Å². The third-order valence-corrected chi connectivity index (χ3v) is 3.93. The Morgan fingerprint density at radius 1 is 1.21 bits per heavy atom. The Morgan fingerprint density at radius 2 is 1.74 bits per heavy atom. The number of carbonyl (C=O) groups excluding carboxylic acids is 1. The first-order chi connectivity index (χ1) is 8.82. The van der Waals surface area contributed by atoms with Crippen molar-refractivity contribution in [1.82, 2.24) is 9.80 Å². The number of carbonyl (C=O) groups is 2. The zero-order chi connectivity index (χ0) is 14.6. The van der Waals surface area contributed by atoms with Crippen LogP contribution in [-0.2, 0) is 4.79 Å². The van der Waals surface area contributed by atoms with Crippen molar-refractivity contribution < 1.29 is 14.7 Å². The maximum absolute atomic E-state index is 12.3. The highest BCUT2D eigenvalue weighted by molar-refractivity contribution is 5.80. The quantitative estimate of drug-likeness (QED) is 0.852. The van der Waals surface area contributed by atoms with Crippen molar-refractivity contribution in [3.63, 3.8) is 0 Å². The van der Waals surface area contributed by atoms with Crippen molar-refractivity contribution in [1.29, 1.82) is 0 Å². The molecule has 0 unspecified atom stereocenters. The Bertz CT molecular complexity index is 321. The summed E-state index contributed by atoms with van der Waals surface area (Å²) in [5, 5.41) is 8.88. The summed E-state index contributed by atoms with van der Waals surface area (Å²) in [4.78, 5) is 26.4. The topological polar surface area (TPSA) is 60.9 Å². The van der Waals surface area contributed by atoms with Crippen LogP contribution >= 0.6 is 0 Å². The number of hydrogen-bond donors (Lipinski definition) is 1. The molecule has 0 aromatic rings. The maximum Gasteiger partial charge on any atom is 0.323 e. The number of piperidine rings is 1. The van der Waals surface area contributed by atoms with Crippen LogP contribution in [0.2, 0.25) is 0 Å². The molecule has 0 spiro atoms. The van der Waals surface area contributed by atoms with Crippen molar-refractivity contribution in [3.05, 3.63) is 0 Å². The molecule has 1 fully saturated rings. The van der Waals surface area contributed by atoms with Gasteiger partial charge in [-0.25, -0.2) is 4.79 Å². The van der Waals surface area contributed by atoms with E-state index in [0.717, 1.165) is 25.9 Å². The second-order valence-electron chi connectivity index (χ2n) is 5.97. The maximum atomic E-state index is 12.3. The molecule has 1 heterocycles. The number of nitrogens with zero attached hydrogens (tertiary/aromatic N) is 2. The normalized spacial score (nSPS) is 17.1. The Kier molecular flexibility index (Phi) is 5.63. The third kappa shape index (κ3) is 4.40. The summed E-state index contributed by atoms with van der Waals surface area (Å²) >= 11 is 0. The highest BCUT2D eigenvalue weighted by Gasteiger charge is 2.29. The Labute approximate surface area is 115 Å². The van der Waals surface area contributed by atoms with Gasteiger partial charge in [0, 0.05) is 19.1 Å². The van der Waals surface area contributed by atoms with E-state index in [-0.39, 0.29) is 18.6 Å². The third-order valence-electron chi connectivity index (χ3n) is 3.93. The number of likely N-dealkylation sites (tertiary alicyclic amines) is 1. The minimum atomic E-state index is -0.959. The van der Waals surface area contributed by atoms with Crippen LogP contribution in [0, 0.1) is 11.8 Å². The highest BCUT2D eigenvalue weighted by atomic mass is 16.4. The first kappa shape index (κ1) is 15.8. The molecule has 0 bridgehead atoms. The summed E-state index contributed by atoms with van der Waals surface area (Å²) in [6, 6.07) is -0.231. The summed E-state index contributed by atoms with van der Waals surface area (Å²) in [5.74, 6) is 0.368. The number of carboxylic acid groups (broad SMARTS) is 1. The van der Waals surface area contributed by atoms with Gasteiger partial charge in [-0.1, -0.05) is 13.8 Å². The molecule has 0 aliphatic carbocycles. The van der Waals surface area contributed by atoms with E-state index in [0.29, 0.717) is 11.8 Å². The van der Waals surface area contributed by atoms with Crippen LogP contribution in [0.25, 0.3) is 0 Å². The molecule has 0 atom stereocenters. The lowest BCUT2D eigenvalue weighted by molar-refractivity contribution is -0.138. The average Bonchev–Trinajstić information content (AvgIpc) is 2.34. The van der Waals surface area contributed by atoms with Gasteiger partial charge in [-0.2, -0.15) is 0 Å². The standard InChI is InChI=1S/C14H26N2O3/c1-10(2)12-5-7-15(8-6-12)14(19)16(11(3)4)9-13(17)18/h10-12H,5-9H2,1-4H3,(H,17,18). The number of rotatable bonds is 4. The van der Waals surface area contributed by atoms with Crippen LogP contribution in [0.1, 0.15) is 40.5 Å². The smallest absolute Gasteiger partial charge is 0.323 e. The van der Waals surface area contributed by atoms with Gasteiger partial charge in [0.1, 0.15) is 6.54 Å². The van der Waals surface area contributed by atoms with Crippen LogP contribution in [0.4, 0.5) is 4.79 Å². The van der Waals surface area contributed by atoms with Gasteiger partial charge in [-0.15, -0.1) is 0 Å². The van der Waals surface area contributed by atoms with Gasteiger partial charge < -0.3 is 14.9 Å². The molecule has 0 saturated carbocycles. The van der Waals surface area contributed by atoms with E-state index in [2.05, 4.69) is 13.8 Å². The molecular weight excluding hydrogens is 244 g/mol. The lowest BCUT2D eigenvalue weighted by Crippen LogP contribution is -2.51. The lowest BCUT2D eigenvalue weighted by atomic mass is 9.87. The van der Waals surface area contributed by atoms with E-state index in [1.165, 1.54) is 4.90 Å². The van der Waals surface area contributed by atoms with E-state index in [4.69, 9.17) is 5.11 Å². The van der Waals surface area contributed by atoms with Crippen LogP contribution in [0.5, 0.6) is 0 Å². The molecule has 1 N–H and O–H groups in total. The first-order valence-corrected chi connectivity index (χ1v) is 7.10. The molecule has 2 amide bonds. The van der Waals surface area contributed by atoms with Gasteiger partial charge in [0.15, 0.2) is 0 Å². The molecule has 5 nitrogen and oxygen atoms in total. The van der Waals surface area contributed by atoms with Gasteiger partial charge >= 0.3 is 12.0 Å². The highest BCUT2D eigenvalue weighted by Crippen LogP contribution is 2.25. The molecule has 110 valence electrons. The summed E-state index contributed by atoms with van der Waals surface area (Å²) < 4.78 is 0. The molecule has 5 heteroatoms. The molecular formula is C14H26N2O3. The van der Waals surface area contributed by atoms with Gasteiger partial charge in [-0.05, 0) is 38.5 Å². The molecule has 0 radical (unpaired) electrons. The molecule has 1 aliphatic heterocycles. The van der Waals surface area contributed by atoms with E-state index < -0.39 is 5.97 Å². The zero-order valence-corrected chi connectivity index (χ0v) is 12.4. The van der Waals surface area contributed by atoms with Crippen molar-refractivity contribution in [2.24, 2.45) is 11.8 Å². The minimum Gasteiger partial charge on any atom is -0.480 e. The van der Waals surface area contributed by atoms with Gasteiger partial charge in [0.05, 0.1) is 0 Å². The number of aliphatic carboxylic acids is 1. The Morgan fingerprint density at radius 3 is 2.11 bits per heavy atom. The second kappa shape index (κ2) is 6.78. The van der Waals surface area contributed by atoms with E-state index in [1.807, 2.05) is 13.8 Å². The fourth-order valence-corrected chi connectivity index (χ4v) is 2.56. The summed E-state index contributed by atoms with van der Waals surface area (Å²) in [5.41, 5.74) is 0. The average molecular weight is 270 g/mol. The number of hydrogen-bond acceptors (Lipinski definition) is 2. The molecule has 1 aliphatic rings. The van der Waals surface area contributed by atoms with Crippen LogP contribution in [0.15, 0.2) is 0 Å². The molecule has 0 aromatic heterocycles. The van der Waals surface area contributed by atoms with Crippen LogP contribution in [-0.4, -0.2) is 52.6 Å².